The first-order valence-corrected chi connectivity index (χ1v) is 29.8. The van der Waals surface area contributed by atoms with E-state index >= 15 is 0 Å². The van der Waals surface area contributed by atoms with Crippen LogP contribution in [0.15, 0.2) is 0 Å². The summed E-state index contributed by atoms with van der Waals surface area (Å²) >= 11 is 0. The van der Waals surface area contributed by atoms with Crippen molar-refractivity contribution >= 4 is 82.8 Å². The maximum Gasteiger partial charge on any atom is 2.00 e. The Bertz CT molecular complexity index is 2480. The second-order valence-electron chi connectivity index (χ2n) is 22.6. The number of nitrogens with two attached hydrogens (primary N) is 4. The molecule has 90 heavy (non-hydrogen) atoms. The number of nitrogens with one attached hydrogen (secondary N) is 9. The Morgan fingerprint density at radius 2 is 1.18 bits per heavy atom. The van der Waals surface area contributed by atoms with Crippen molar-refractivity contribution in [3.05, 3.63) is 63.2 Å². The molecular formula is C59H90FeN14O16+2. The Labute approximate surface area is 537 Å². The molecule has 0 aromatic heterocycles. The summed E-state index contributed by atoms with van der Waals surface area (Å²) < 4.78 is 5.39. The van der Waals surface area contributed by atoms with Crippen molar-refractivity contribution in [1.29, 1.82) is 0 Å². The number of primary amides is 3. The second-order valence-corrected chi connectivity index (χ2v) is 22.6. The zero-order valence-electron chi connectivity index (χ0n) is 51.9. The number of aliphatic hydroxyl groups is 1. The van der Waals surface area contributed by atoms with Crippen molar-refractivity contribution in [1.82, 2.24) is 52.8 Å². The first kappa shape index (κ1) is 79.1. The van der Waals surface area contributed by atoms with E-state index in [1.165, 1.54) is 18.7 Å². The van der Waals surface area contributed by atoms with Crippen LogP contribution in [0.2, 0.25) is 0 Å². The number of amides is 13. The summed E-state index contributed by atoms with van der Waals surface area (Å²) in [5.74, 6) is -9.90. The van der Waals surface area contributed by atoms with Gasteiger partial charge in [0.2, 0.25) is 76.8 Å². The van der Waals surface area contributed by atoms with Gasteiger partial charge in [0.05, 0.1) is 38.3 Å². The van der Waals surface area contributed by atoms with Crippen molar-refractivity contribution in [2.45, 2.75) is 180 Å². The molecule has 0 spiro atoms. The summed E-state index contributed by atoms with van der Waals surface area (Å²) in [6, 6.07) is -10.2. The van der Waals surface area contributed by atoms with Crippen LogP contribution in [-0.4, -0.2) is 179 Å². The molecule has 1 heterocycles. The molecule has 13 amide bonds. The monoisotopic (exact) mass is 1310 g/mol. The topological polar surface area (TPSA) is 484 Å². The van der Waals surface area contributed by atoms with Gasteiger partial charge in [-0.1, -0.05) is 34.1 Å². The standard InChI is InChI=1S/C54H85N14O16.C5H5.Fe/c1-8-27(4)45(52(81)60-25-42(74)65-44(26(2)3)51(80)59-24-41(73)61-29(6)54(83)68-21-10-13-37(68)47(58)76)66-48(77)28(5)62-53(82)46(30(7)69)67-50(79)35(15-17-39(57)71)63-40(72)18-19-43(75)84-22-20-31-23-36(33-12-9-11-32(31)33)64-49(78)34(55)14-16-38(56)70;1-2-4-5-3-1;/h9,11-12,26-31,34-37,44-46,69H,8,10,13-25,55H2,1-7H3,(H2,56,70)(H2,57,71)(H2,58,76)(H,59,80)(H,60,81)(H,61,73)(H,62,82)(H,63,72)(H,64,78)(H,65,74)(H,66,77)(H,67,79);1-5H;/q;;+2/t27-,28-,29-,30+,31+,34-,35-,36+,37-,44-,45-,46-;;/m0../s1. The molecule has 0 unspecified atom stereocenters. The summed E-state index contributed by atoms with van der Waals surface area (Å²) in [4.78, 5) is 180. The van der Waals surface area contributed by atoms with Crippen LogP contribution in [0, 0.1) is 81.0 Å². The molecular weight excluding hydrogens is 1220 g/mol. The Hall–Kier alpha value is -6.98. The van der Waals surface area contributed by atoms with E-state index in [0.717, 1.165) is 18.8 Å². The predicted molar refractivity (Wildman–Crippen MR) is 319 cm³/mol. The smallest absolute Gasteiger partial charge is 0.466 e. The van der Waals surface area contributed by atoms with Crippen LogP contribution in [0.3, 0.4) is 0 Å². The van der Waals surface area contributed by atoms with E-state index in [0.29, 0.717) is 38.6 Å². The number of nitrogens with zero attached hydrogens (tertiary/aromatic N) is 1. The third-order valence-electron chi connectivity index (χ3n) is 15.1. The molecule has 0 bridgehead atoms. The fraction of sp³-hybridized carbons (Fsp3) is 0.593. The number of esters is 1. The van der Waals surface area contributed by atoms with Crippen molar-refractivity contribution in [3.8, 4) is 0 Å². The molecule has 0 aromatic rings. The maximum atomic E-state index is 13.6. The van der Waals surface area contributed by atoms with Gasteiger partial charge in [0, 0.05) is 37.8 Å². The molecule has 30 nitrogen and oxygen atoms in total. The van der Waals surface area contributed by atoms with Gasteiger partial charge in [-0.25, -0.2) is 0 Å². The van der Waals surface area contributed by atoms with Gasteiger partial charge in [0.1, 0.15) is 42.3 Å². The minimum absolute atomic E-state index is 0. The van der Waals surface area contributed by atoms with E-state index in [-0.39, 0.29) is 54.9 Å². The first-order valence-electron chi connectivity index (χ1n) is 29.8. The average molecular weight is 1310 g/mol. The van der Waals surface area contributed by atoms with E-state index in [1.807, 2.05) is 51.4 Å². The van der Waals surface area contributed by atoms with Gasteiger partial charge < -0.3 is 85.5 Å². The Balaban J connectivity index is 0.00000437. The van der Waals surface area contributed by atoms with Gasteiger partial charge in [0.25, 0.3) is 0 Å². The quantitative estimate of drug-likeness (QED) is 0.0210. The fourth-order valence-electron chi connectivity index (χ4n) is 9.79. The molecule has 0 aromatic carbocycles. The van der Waals surface area contributed by atoms with Crippen LogP contribution >= 0.6 is 0 Å². The summed E-state index contributed by atoms with van der Waals surface area (Å²) in [5.41, 5.74) is 21.8. The number of aliphatic hydroxyl groups excluding tert-OH is 1. The zero-order valence-corrected chi connectivity index (χ0v) is 53.0. The van der Waals surface area contributed by atoms with Gasteiger partial charge >= 0.3 is 23.0 Å². The van der Waals surface area contributed by atoms with E-state index in [1.54, 1.807) is 27.7 Å². The normalized spacial score (nSPS) is 19.9. The number of carbonyl (C=O) groups is 14. The van der Waals surface area contributed by atoms with E-state index in [4.69, 9.17) is 27.7 Å². The molecule has 1 aliphatic heterocycles. The number of likely N-dealkylation sites (tertiary alicyclic amines) is 1. The van der Waals surface area contributed by atoms with Gasteiger partial charge in [-0.3, -0.25) is 67.1 Å². The molecule has 1 saturated heterocycles. The molecule has 10 radical (unpaired) electrons. The zero-order chi connectivity index (χ0) is 66.7. The van der Waals surface area contributed by atoms with Crippen molar-refractivity contribution in [2.24, 2.45) is 40.7 Å². The van der Waals surface area contributed by atoms with Crippen molar-refractivity contribution in [2.75, 3.05) is 26.2 Å². The molecule has 4 aliphatic rings. The van der Waals surface area contributed by atoms with Crippen LogP contribution in [0.4, 0.5) is 0 Å². The van der Waals surface area contributed by atoms with Crippen molar-refractivity contribution in [3.63, 3.8) is 0 Å². The molecule has 12 atom stereocenters. The minimum atomic E-state index is -1.74. The van der Waals surface area contributed by atoms with Gasteiger partial charge in [-0.15, -0.1) is 0 Å². The van der Waals surface area contributed by atoms with E-state index in [9.17, 15) is 72.2 Å². The first-order chi connectivity index (χ1) is 41.9. The molecule has 18 N–H and O–H groups in total. The largest absolute Gasteiger partial charge is 2.00 e. The summed E-state index contributed by atoms with van der Waals surface area (Å²) in [6.07, 6.45) is 14.7. The second kappa shape index (κ2) is 40.0. The number of hydrogen-bond donors (Lipinski definition) is 14. The average Bonchev–Trinajstić information content (AvgIpc) is 1.80. The van der Waals surface area contributed by atoms with Crippen LogP contribution in [0.5, 0.6) is 0 Å². The molecule has 4 fully saturated rings. The van der Waals surface area contributed by atoms with Gasteiger partial charge in [0.15, 0.2) is 0 Å². The van der Waals surface area contributed by atoms with E-state index < -0.39 is 181 Å². The van der Waals surface area contributed by atoms with Crippen LogP contribution in [0.25, 0.3) is 0 Å². The van der Waals surface area contributed by atoms with Crippen molar-refractivity contribution < 1.29 is 94.0 Å². The van der Waals surface area contributed by atoms with E-state index in [2.05, 4.69) is 47.9 Å². The number of fused-ring (bicyclic) bond motifs is 1. The van der Waals surface area contributed by atoms with Gasteiger partial charge in [-0.05, 0) is 134 Å². The molecule has 3 saturated carbocycles. The summed E-state index contributed by atoms with van der Waals surface area (Å²) in [6.45, 7) is 9.50. The number of carbonyl (C=O) groups excluding carboxylic acids is 14. The Morgan fingerprint density at radius 3 is 1.74 bits per heavy atom. The predicted octanol–water partition coefficient (Wildman–Crippen LogP) is -4.40. The molecule has 3 aliphatic carbocycles. The van der Waals surface area contributed by atoms with Gasteiger partial charge in [-0.2, -0.15) is 0 Å². The van der Waals surface area contributed by atoms with Crippen LogP contribution in [-0.2, 0) is 88.9 Å². The maximum absolute atomic E-state index is 13.6. The fourth-order valence-corrected chi connectivity index (χ4v) is 9.79. The minimum Gasteiger partial charge on any atom is -0.466 e. The third-order valence-corrected chi connectivity index (χ3v) is 15.1. The molecule has 4 rings (SSSR count). The summed E-state index contributed by atoms with van der Waals surface area (Å²) in [7, 11) is 0. The Morgan fingerprint density at radius 1 is 0.611 bits per heavy atom. The molecule has 498 valence electrons. The SMILES string of the molecule is CC[C@H](C)[C@H](NC(=O)[C@H](C)NC(=O)[C@@H](NC(=O)[C@H](CCC(N)=O)NC(=O)CCC(=O)OCC[C@@H]1C[C@@H](NC(=O)[C@@H](N)CCC(N)=O)[C]2[CH][CH][CH][C]21)[C@@H](C)O)C(=O)NCC(=O)N[C@H](C(=O)NCC(=O)N[C@@H](C)C(=O)N1CCC[C@H]1C(N)=O)C(C)C.[CH]1[CH][CH][CH][CH]1.[Fe+2]. The van der Waals surface area contributed by atoms with Crippen LogP contribution in [0.1, 0.15) is 119 Å². The summed E-state index contributed by atoms with van der Waals surface area (Å²) in [5, 5.41) is 32.9. The Kier molecular flexibility index (Phi) is 35.2. The number of rotatable bonds is 35. The number of hydrogen-bond acceptors (Lipinski definition) is 17. The van der Waals surface area contributed by atoms with Crippen LogP contribution < -0.4 is 70.8 Å². The number of ether oxygens (including phenoxy) is 1. The molecule has 31 heteroatoms. The third kappa shape index (κ3) is 26.8.